The van der Waals surface area contributed by atoms with Crippen LogP contribution in [0.1, 0.15) is 5.56 Å². The fourth-order valence-electron chi connectivity index (χ4n) is 2.41. The molecule has 118 valence electrons. The second-order valence-electron chi connectivity index (χ2n) is 5.32. The first-order valence-electron chi connectivity index (χ1n) is 7.61. The third-order valence-electron chi connectivity index (χ3n) is 3.66. The first-order valence-corrected chi connectivity index (χ1v) is 7.61. The van der Waals surface area contributed by atoms with Crippen LogP contribution < -0.4 is 10.5 Å². The van der Waals surface area contributed by atoms with E-state index >= 15 is 0 Å². The van der Waals surface area contributed by atoms with Crippen LogP contribution in [0.25, 0.3) is 22.6 Å². The van der Waals surface area contributed by atoms with Crippen LogP contribution in [-0.2, 0) is 6.54 Å². The number of benzene rings is 2. The summed E-state index contributed by atoms with van der Waals surface area (Å²) in [5.74, 6) is 1.78. The molecule has 0 spiro atoms. The lowest BCUT2D eigenvalue weighted by molar-refractivity contribution is 0.463. The Kier molecular flexibility index (Phi) is 3.69. The zero-order chi connectivity index (χ0) is 16.4. The average Bonchev–Trinajstić information content (AvgIpc) is 3.06. The summed E-state index contributed by atoms with van der Waals surface area (Å²) in [5.41, 5.74) is 9.05. The van der Waals surface area contributed by atoms with Crippen molar-refractivity contribution in [3.63, 3.8) is 0 Å². The molecular weight excluding hydrogens is 302 g/mol. The van der Waals surface area contributed by atoms with Crippen molar-refractivity contribution < 1.29 is 9.15 Å². The highest BCUT2D eigenvalue weighted by atomic mass is 16.5. The van der Waals surface area contributed by atoms with Gasteiger partial charge in [-0.05, 0) is 35.9 Å². The van der Waals surface area contributed by atoms with Crippen molar-refractivity contribution in [1.29, 1.82) is 0 Å². The van der Waals surface area contributed by atoms with Gasteiger partial charge in [-0.3, -0.25) is 0 Å². The van der Waals surface area contributed by atoms with E-state index in [0.717, 1.165) is 16.6 Å². The molecule has 0 bridgehead atoms. The largest absolute Gasteiger partial charge is 0.439 e. The molecule has 4 aromatic rings. The van der Waals surface area contributed by atoms with Gasteiger partial charge in [0.05, 0.1) is 0 Å². The number of fused-ring (bicyclic) bond motifs is 1. The molecule has 0 aliphatic heterocycles. The monoisotopic (exact) mass is 317 g/mol. The van der Waals surface area contributed by atoms with Gasteiger partial charge in [0.15, 0.2) is 5.58 Å². The van der Waals surface area contributed by atoms with Crippen molar-refractivity contribution in [3.05, 3.63) is 72.4 Å². The molecule has 2 heterocycles. The maximum atomic E-state index is 5.82. The molecule has 4 rings (SSSR count). The zero-order valence-electron chi connectivity index (χ0n) is 12.8. The van der Waals surface area contributed by atoms with Crippen LogP contribution in [0.3, 0.4) is 0 Å². The fourth-order valence-corrected chi connectivity index (χ4v) is 2.41. The lowest BCUT2D eigenvalue weighted by Crippen LogP contribution is -1.95. The Balaban J connectivity index is 1.65. The summed E-state index contributed by atoms with van der Waals surface area (Å²) in [5, 5.41) is 0. The summed E-state index contributed by atoms with van der Waals surface area (Å²) < 4.78 is 11.5. The predicted molar refractivity (Wildman–Crippen MR) is 91.6 cm³/mol. The molecule has 0 saturated carbocycles. The standard InChI is InChI=1S/C19H15N3O2/c20-12-13-4-6-14(7-5-13)19-22-16-11-15(8-9-17(16)24-19)23-18-3-1-2-10-21-18/h1-11H,12,20H2. The number of hydrogen-bond donors (Lipinski definition) is 1. The van der Waals surface area contributed by atoms with Crippen molar-refractivity contribution in [2.45, 2.75) is 6.54 Å². The molecule has 5 nitrogen and oxygen atoms in total. The normalized spacial score (nSPS) is 10.9. The first-order chi connectivity index (χ1) is 11.8. The summed E-state index contributed by atoms with van der Waals surface area (Å²) in [6.07, 6.45) is 1.69. The number of nitrogens with two attached hydrogens (primary N) is 1. The summed E-state index contributed by atoms with van der Waals surface area (Å²) in [6.45, 7) is 0.516. The quantitative estimate of drug-likeness (QED) is 0.612. The number of aromatic nitrogens is 2. The lowest BCUT2D eigenvalue weighted by Gasteiger charge is -2.02. The molecule has 0 aliphatic carbocycles. The second kappa shape index (κ2) is 6.14. The molecule has 0 saturated heterocycles. The van der Waals surface area contributed by atoms with Crippen LogP contribution in [0, 0.1) is 0 Å². The minimum absolute atomic E-state index is 0.516. The Hall–Kier alpha value is -3.18. The predicted octanol–water partition coefficient (Wildman–Crippen LogP) is 4.14. The van der Waals surface area contributed by atoms with E-state index in [9.17, 15) is 0 Å². The number of ether oxygens (including phenoxy) is 1. The summed E-state index contributed by atoms with van der Waals surface area (Å²) >= 11 is 0. The number of nitrogens with zero attached hydrogens (tertiary/aromatic N) is 2. The Bertz CT molecular complexity index is 963. The van der Waals surface area contributed by atoms with E-state index in [1.54, 1.807) is 12.3 Å². The Morgan fingerprint density at radius 1 is 1.00 bits per heavy atom. The third kappa shape index (κ3) is 2.85. The van der Waals surface area contributed by atoms with E-state index in [1.807, 2.05) is 54.6 Å². The molecule has 0 aliphatic rings. The Morgan fingerprint density at radius 3 is 2.62 bits per heavy atom. The molecule has 0 radical (unpaired) electrons. The van der Waals surface area contributed by atoms with Crippen molar-refractivity contribution in [2.75, 3.05) is 0 Å². The van der Waals surface area contributed by atoms with Gasteiger partial charge in [0.2, 0.25) is 11.8 Å². The fraction of sp³-hybridized carbons (Fsp3) is 0.0526. The van der Waals surface area contributed by atoms with Crippen molar-refractivity contribution in [3.8, 4) is 23.1 Å². The molecule has 2 aromatic carbocycles. The highest BCUT2D eigenvalue weighted by Crippen LogP contribution is 2.28. The molecule has 2 N–H and O–H groups in total. The average molecular weight is 317 g/mol. The molecule has 2 aromatic heterocycles. The molecule has 0 unspecified atom stereocenters. The van der Waals surface area contributed by atoms with Gasteiger partial charge in [-0.2, -0.15) is 0 Å². The maximum Gasteiger partial charge on any atom is 0.227 e. The van der Waals surface area contributed by atoms with Crippen LogP contribution in [0.15, 0.2) is 71.3 Å². The van der Waals surface area contributed by atoms with E-state index in [2.05, 4.69) is 9.97 Å². The van der Waals surface area contributed by atoms with E-state index < -0.39 is 0 Å². The van der Waals surface area contributed by atoms with Crippen molar-refractivity contribution in [2.24, 2.45) is 5.73 Å². The van der Waals surface area contributed by atoms with E-state index in [-0.39, 0.29) is 0 Å². The number of rotatable bonds is 4. The van der Waals surface area contributed by atoms with E-state index in [1.165, 1.54) is 0 Å². The van der Waals surface area contributed by atoms with Crippen LogP contribution in [0.5, 0.6) is 11.6 Å². The second-order valence-corrected chi connectivity index (χ2v) is 5.32. The summed E-state index contributed by atoms with van der Waals surface area (Å²) in [6, 6.07) is 18.9. The smallest absolute Gasteiger partial charge is 0.227 e. The van der Waals surface area contributed by atoms with Gasteiger partial charge < -0.3 is 14.9 Å². The zero-order valence-corrected chi connectivity index (χ0v) is 12.8. The van der Waals surface area contributed by atoms with Gasteiger partial charge in [-0.1, -0.05) is 18.2 Å². The van der Waals surface area contributed by atoms with Gasteiger partial charge in [-0.15, -0.1) is 0 Å². The number of pyridine rings is 1. The molecule has 0 atom stereocenters. The number of oxazole rings is 1. The van der Waals surface area contributed by atoms with Gasteiger partial charge in [0.1, 0.15) is 11.3 Å². The Labute approximate surface area is 138 Å². The SMILES string of the molecule is NCc1ccc(-c2nc3cc(Oc4ccccn4)ccc3o2)cc1. The third-order valence-corrected chi connectivity index (χ3v) is 3.66. The molecule has 0 amide bonds. The van der Waals surface area contributed by atoms with E-state index in [0.29, 0.717) is 29.6 Å². The minimum Gasteiger partial charge on any atom is -0.439 e. The Morgan fingerprint density at radius 2 is 1.88 bits per heavy atom. The van der Waals surface area contributed by atoms with Gasteiger partial charge in [-0.25, -0.2) is 9.97 Å². The molecular formula is C19H15N3O2. The van der Waals surface area contributed by atoms with E-state index in [4.69, 9.17) is 14.9 Å². The van der Waals surface area contributed by atoms with Gasteiger partial charge in [0, 0.05) is 30.4 Å². The molecule has 5 heteroatoms. The first kappa shape index (κ1) is 14.4. The maximum absolute atomic E-state index is 5.82. The highest BCUT2D eigenvalue weighted by molar-refractivity contribution is 5.77. The highest BCUT2D eigenvalue weighted by Gasteiger charge is 2.09. The summed E-state index contributed by atoms with van der Waals surface area (Å²) in [4.78, 5) is 8.69. The minimum atomic E-state index is 0.516. The van der Waals surface area contributed by atoms with Crippen LogP contribution >= 0.6 is 0 Å². The lowest BCUT2D eigenvalue weighted by atomic mass is 10.1. The van der Waals surface area contributed by atoms with Crippen LogP contribution in [0.4, 0.5) is 0 Å². The van der Waals surface area contributed by atoms with Gasteiger partial charge >= 0.3 is 0 Å². The topological polar surface area (TPSA) is 74.2 Å². The molecule has 0 fully saturated rings. The van der Waals surface area contributed by atoms with Crippen LogP contribution in [-0.4, -0.2) is 9.97 Å². The van der Waals surface area contributed by atoms with Gasteiger partial charge in [0.25, 0.3) is 0 Å². The van der Waals surface area contributed by atoms with Crippen molar-refractivity contribution in [1.82, 2.24) is 9.97 Å². The van der Waals surface area contributed by atoms with Crippen molar-refractivity contribution >= 4 is 11.1 Å². The molecule has 24 heavy (non-hydrogen) atoms. The summed E-state index contributed by atoms with van der Waals surface area (Å²) in [7, 11) is 0. The number of hydrogen-bond acceptors (Lipinski definition) is 5. The van der Waals surface area contributed by atoms with Crippen LogP contribution in [0.2, 0.25) is 0 Å².